The third-order valence-electron chi connectivity index (χ3n) is 4.82. The topological polar surface area (TPSA) is 49.4 Å². The lowest BCUT2D eigenvalue weighted by molar-refractivity contribution is -0.157. The van der Waals surface area contributed by atoms with Gasteiger partial charge in [0.25, 0.3) is 0 Å². The number of carbonyl (C=O) groups is 2. The van der Waals surface area contributed by atoms with E-state index in [0.717, 1.165) is 17.7 Å². The first kappa shape index (κ1) is 14.6. The predicted molar refractivity (Wildman–Crippen MR) is 82.8 cm³/mol. The van der Waals surface area contributed by atoms with Crippen molar-refractivity contribution in [2.45, 2.75) is 57.7 Å². The van der Waals surface area contributed by atoms with Crippen molar-refractivity contribution in [1.82, 2.24) is 10.2 Å². The van der Waals surface area contributed by atoms with Gasteiger partial charge in [-0.15, -0.1) is 11.3 Å². The third-order valence-corrected chi connectivity index (χ3v) is 5.68. The van der Waals surface area contributed by atoms with Gasteiger partial charge in [-0.3, -0.25) is 9.59 Å². The molecule has 21 heavy (non-hydrogen) atoms. The molecule has 2 amide bonds. The van der Waals surface area contributed by atoms with Crippen molar-refractivity contribution >= 4 is 23.2 Å². The summed E-state index contributed by atoms with van der Waals surface area (Å²) < 4.78 is 0. The Morgan fingerprint density at radius 1 is 1.33 bits per heavy atom. The molecule has 1 saturated carbocycles. The van der Waals surface area contributed by atoms with Gasteiger partial charge in [0.05, 0.1) is 6.54 Å². The van der Waals surface area contributed by atoms with Gasteiger partial charge in [-0.1, -0.05) is 19.9 Å². The van der Waals surface area contributed by atoms with Crippen molar-refractivity contribution in [3.05, 3.63) is 22.4 Å². The van der Waals surface area contributed by atoms with E-state index < -0.39 is 5.54 Å². The van der Waals surface area contributed by atoms with Gasteiger partial charge in [-0.2, -0.15) is 0 Å². The molecule has 1 N–H and O–H groups in total. The van der Waals surface area contributed by atoms with E-state index in [1.807, 2.05) is 36.3 Å². The van der Waals surface area contributed by atoms with Gasteiger partial charge < -0.3 is 10.2 Å². The zero-order valence-corrected chi connectivity index (χ0v) is 13.4. The predicted octanol–water partition coefficient (Wildman–Crippen LogP) is 2.54. The van der Waals surface area contributed by atoms with Crippen molar-refractivity contribution in [3.63, 3.8) is 0 Å². The average Bonchev–Trinajstić information content (AvgIpc) is 3.18. The lowest BCUT2D eigenvalue weighted by Crippen LogP contribution is -2.70. The fourth-order valence-corrected chi connectivity index (χ4v) is 3.96. The molecule has 1 aromatic heterocycles. The van der Waals surface area contributed by atoms with Crippen LogP contribution in [0.2, 0.25) is 0 Å². The minimum Gasteiger partial charge on any atom is -0.340 e. The van der Waals surface area contributed by atoms with Crippen LogP contribution in [-0.4, -0.2) is 28.3 Å². The van der Waals surface area contributed by atoms with Gasteiger partial charge in [0.15, 0.2) is 0 Å². The Bertz CT molecular complexity index is 532. The van der Waals surface area contributed by atoms with E-state index >= 15 is 0 Å². The first-order chi connectivity index (χ1) is 10.1. The molecule has 2 heterocycles. The monoisotopic (exact) mass is 306 g/mol. The zero-order chi connectivity index (χ0) is 15.0. The third kappa shape index (κ3) is 2.48. The number of piperazine rings is 1. The molecular formula is C16H22N2O2S. The lowest BCUT2D eigenvalue weighted by Gasteiger charge is -2.45. The second-order valence-electron chi connectivity index (χ2n) is 6.07. The number of hydrogen-bond acceptors (Lipinski definition) is 3. The van der Waals surface area contributed by atoms with Crippen molar-refractivity contribution in [2.24, 2.45) is 5.92 Å². The van der Waals surface area contributed by atoms with Crippen molar-refractivity contribution < 1.29 is 9.59 Å². The molecule has 1 atom stereocenters. The number of carbonyl (C=O) groups excluding carboxylic acids is 2. The summed E-state index contributed by atoms with van der Waals surface area (Å²) in [6, 6.07) is 3.76. The molecular weight excluding hydrogens is 284 g/mol. The summed E-state index contributed by atoms with van der Waals surface area (Å²) >= 11 is 1.64. The number of rotatable bonds is 5. The van der Waals surface area contributed by atoms with Crippen LogP contribution < -0.4 is 5.32 Å². The summed E-state index contributed by atoms with van der Waals surface area (Å²) in [7, 11) is 0. The van der Waals surface area contributed by atoms with Crippen LogP contribution in [0.1, 0.15) is 44.4 Å². The van der Waals surface area contributed by atoms with Crippen molar-refractivity contribution in [1.29, 1.82) is 0 Å². The van der Waals surface area contributed by atoms with Crippen LogP contribution in [0.5, 0.6) is 0 Å². The minimum atomic E-state index is -0.709. The maximum absolute atomic E-state index is 13.0. The summed E-state index contributed by atoms with van der Waals surface area (Å²) in [5.41, 5.74) is -0.709. The highest BCUT2D eigenvalue weighted by Crippen LogP contribution is 2.40. The number of thiophene rings is 1. The Labute approximate surface area is 129 Å². The Hall–Kier alpha value is -1.36. The van der Waals surface area contributed by atoms with Crippen LogP contribution in [-0.2, 0) is 16.1 Å². The van der Waals surface area contributed by atoms with Gasteiger partial charge in [-0.05, 0) is 43.0 Å². The van der Waals surface area contributed by atoms with Crippen molar-refractivity contribution in [3.8, 4) is 0 Å². The summed E-state index contributed by atoms with van der Waals surface area (Å²) in [5, 5.41) is 5.05. The Morgan fingerprint density at radius 3 is 2.57 bits per heavy atom. The molecule has 3 rings (SSSR count). The maximum atomic E-state index is 13.0. The fraction of sp³-hybridized carbons (Fsp3) is 0.625. The summed E-state index contributed by atoms with van der Waals surface area (Å²) in [6.45, 7) is 4.51. The molecule has 2 aliphatic rings. The normalized spacial score (nSPS) is 25.0. The van der Waals surface area contributed by atoms with Crippen molar-refractivity contribution in [2.75, 3.05) is 0 Å². The summed E-state index contributed by atoms with van der Waals surface area (Å²) in [5.74, 6) is 0.482. The highest BCUT2D eigenvalue weighted by molar-refractivity contribution is 7.09. The van der Waals surface area contributed by atoms with Gasteiger partial charge in [0.2, 0.25) is 11.8 Å². The first-order valence-corrected chi connectivity index (χ1v) is 8.64. The molecule has 1 aromatic rings. The zero-order valence-electron chi connectivity index (χ0n) is 12.6. The van der Waals surface area contributed by atoms with Crippen LogP contribution in [0.15, 0.2) is 17.5 Å². The van der Waals surface area contributed by atoms with E-state index in [0.29, 0.717) is 25.3 Å². The molecule has 2 fully saturated rings. The smallest absolute Gasteiger partial charge is 0.249 e. The van der Waals surface area contributed by atoms with Gasteiger partial charge in [-0.25, -0.2) is 0 Å². The number of nitrogens with zero attached hydrogens (tertiary/aromatic N) is 1. The second kappa shape index (κ2) is 5.44. The van der Waals surface area contributed by atoms with E-state index in [1.165, 1.54) is 0 Å². The fourth-order valence-electron chi connectivity index (χ4n) is 3.26. The molecule has 0 aromatic carbocycles. The van der Waals surface area contributed by atoms with E-state index in [-0.39, 0.29) is 17.9 Å². The Balaban J connectivity index is 1.92. The number of hydrogen-bond donors (Lipinski definition) is 1. The van der Waals surface area contributed by atoms with Gasteiger partial charge >= 0.3 is 0 Å². The average molecular weight is 306 g/mol. The molecule has 1 saturated heterocycles. The standard InChI is InChI=1S/C16H22N2O2S/c1-3-16(4-2)15(20)18(10-12-6-5-9-21-12)13(11-7-8-11)14(19)17-16/h5-6,9,11,13H,3-4,7-8,10H2,1-2H3,(H,17,19). The molecule has 0 spiro atoms. The quantitative estimate of drug-likeness (QED) is 0.909. The van der Waals surface area contributed by atoms with Gasteiger partial charge in [0.1, 0.15) is 11.6 Å². The molecule has 0 radical (unpaired) electrons. The van der Waals surface area contributed by atoms with Crippen LogP contribution in [0.25, 0.3) is 0 Å². The highest BCUT2D eigenvalue weighted by atomic mass is 32.1. The SMILES string of the molecule is CCC1(CC)NC(=O)C(C2CC2)N(Cc2cccs2)C1=O. The molecule has 1 unspecified atom stereocenters. The van der Waals surface area contributed by atoms with Crippen LogP contribution >= 0.6 is 11.3 Å². The first-order valence-electron chi connectivity index (χ1n) is 7.76. The molecule has 4 nitrogen and oxygen atoms in total. The second-order valence-corrected chi connectivity index (χ2v) is 7.11. The summed E-state index contributed by atoms with van der Waals surface area (Å²) in [6.07, 6.45) is 3.40. The molecule has 0 bridgehead atoms. The Kier molecular flexibility index (Phi) is 3.78. The molecule has 5 heteroatoms. The van der Waals surface area contributed by atoms with E-state index in [4.69, 9.17) is 0 Å². The Morgan fingerprint density at radius 2 is 2.05 bits per heavy atom. The minimum absolute atomic E-state index is 0.0392. The molecule has 114 valence electrons. The number of amides is 2. The van der Waals surface area contributed by atoms with Crippen LogP contribution in [0, 0.1) is 5.92 Å². The van der Waals surface area contributed by atoms with Crippen LogP contribution in [0.3, 0.4) is 0 Å². The van der Waals surface area contributed by atoms with E-state index in [9.17, 15) is 9.59 Å². The van der Waals surface area contributed by atoms with E-state index in [2.05, 4.69) is 5.32 Å². The number of nitrogens with one attached hydrogen (secondary N) is 1. The van der Waals surface area contributed by atoms with E-state index in [1.54, 1.807) is 11.3 Å². The lowest BCUT2D eigenvalue weighted by atomic mass is 9.86. The largest absolute Gasteiger partial charge is 0.340 e. The van der Waals surface area contributed by atoms with Crippen LogP contribution in [0.4, 0.5) is 0 Å². The highest BCUT2D eigenvalue weighted by Gasteiger charge is 2.53. The van der Waals surface area contributed by atoms with Gasteiger partial charge in [0, 0.05) is 4.88 Å². The maximum Gasteiger partial charge on any atom is 0.249 e. The molecule has 1 aliphatic heterocycles. The summed E-state index contributed by atoms with van der Waals surface area (Å²) in [4.78, 5) is 28.6. The molecule has 1 aliphatic carbocycles.